The molecule has 98 valence electrons. The second-order valence-corrected chi connectivity index (χ2v) is 5.24. The predicted molar refractivity (Wildman–Crippen MR) is 64.7 cm³/mol. The summed E-state index contributed by atoms with van der Waals surface area (Å²) >= 11 is 0. The highest BCUT2D eigenvalue weighted by Gasteiger charge is 2.42. The van der Waals surface area contributed by atoms with Gasteiger partial charge in [-0.15, -0.1) is 0 Å². The maximum Gasteiger partial charge on any atom is 0.230 e. The average Bonchev–Trinajstić information content (AvgIpc) is 3.03. The topological polar surface area (TPSA) is 75.2 Å². The first-order chi connectivity index (χ1) is 9.09. The van der Waals surface area contributed by atoms with Crippen LogP contribution in [0.5, 0.6) is 0 Å². The number of rotatable bonds is 1. The molecule has 1 unspecified atom stereocenters. The Morgan fingerprint density at radius 2 is 1.95 bits per heavy atom. The standard InChI is InChI=1S/C13H13N3O3/c1-6-9(15-4-5-15)12(19)8-10(11(6)18)16-3-2-7(17)13(16)14-8/h7,17H,2-5H2,1H3. The molecule has 0 spiro atoms. The van der Waals surface area contributed by atoms with E-state index in [0.717, 1.165) is 13.1 Å². The van der Waals surface area contributed by atoms with E-state index in [1.807, 2.05) is 4.90 Å². The molecule has 6 nitrogen and oxygen atoms in total. The maximum atomic E-state index is 12.5. The molecule has 6 heteroatoms. The number of aromatic nitrogens is 2. The van der Waals surface area contributed by atoms with Gasteiger partial charge in [0.05, 0.1) is 5.70 Å². The first-order valence-corrected chi connectivity index (χ1v) is 6.43. The monoisotopic (exact) mass is 259 g/mol. The van der Waals surface area contributed by atoms with Crippen molar-refractivity contribution in [3.8, 4) is 0 Å². The van der Waals surface area contributed by atoms with E-state index in [2.05, 4.69) is 4.98 Å². The Hall–Kier alpha value is -1.95. The molecule has 4 rings (SSSR count). The van der Waals surface area contributed by atoms with Crippen LogP contribution < -0.4 is 0 Å². The van der Waals surface area contributed by atoms with Gasteiger partial charge in [0.1, 0.15) is 23.3 Å². The quantitative estimate of drug-likeness (QED) is 0.734. The SMILES string of the molecule is CC1=C(N2CC2)C(=O)c2nc3n(c2C1=O)CCC3O. The Morgan fingerprint density at radius 3 is 2.63 bits per heavy atom. The second kappa shape index (κ2) is 3.33. The normalized spacial score (nSPS) is 24.9. The van der Waals surface area contributed by atoms with E-state index < -0.39 is 6.10 Å². The molecule has 1 N–H and O–H groups in total. The zero-order valence-electron chi connectivity index (χ0n) is 10.5. The lowest BCUT2D eigenvalue weighted by atomic mass is 9.95. The molecule has 0 aromatic carbocycles. The van der Waals surface area contributed by atoms with Crippen molar-refractivity contribution >= 4 is 11.6 Å². The zero-order valence-corrected chi connectivity index (χ0v) is 10.5. The molecule has 1 aromatic heterocycles. The van der Waals surface area contributed by atoms with Crippen LogP contribution in [0.3, 0.4) is 0 Å². The summed E-state index contributed by atoms with van der Waals surface area (Å²) in [5.74, 6) is 0.134. The van der Waals surface area contributed by atoms with E-state index in [1.54, 1.807) is 11.5 Å². The molecular formula is C13H13N3O3. The zero-order chi connectivity index (χ0) is 13.3. The molecule has 1 aliphatic carbocycles. The van der Waals surface area contributed by atoms with Gasteiger partial charge in [-0.05, 0) is 13.3 Å². The van der Waals surface area contributed by atoms with E-state index in [0.29, 0.717) is 35.8 Å². The lowest BCUT2D eigenvalue weighted by Crippen LogP contribution is -2.26. The van der Waals surface area contributed by atoms with Crippen molar-refractivity contribution in [2.24, 2.45) is 0 Å². The summed E-state index contributed by atoms with van der Waals surface area (Å²) in [7, 11) is 0. The molecule has 3 aliphatic rings. The molecule has 0 amide bonds. The lowest BCUT2D eigenvalue weighted by Gasteiger charge is -2.17. The molecule has 1 fully saturated rings. The molecule has 1 atom stereocenters. The van der Waals surface area contributed by atoms with Gasteiger partial charge >= 0.3 is 0 Å². The van der Waals surface area contributed by atoms with E-state index in [1.165, 1.54) is 0 Å². The predicted octanol–water partition coefficient (Wildman–Crippen LogP) is 0.289. The number of fused-ring (bicyclic) bond motifs is 3. The van der Waals surface area contributed by atoms with Gasteiger partial charge in [-0.2, -0.15) is 0 Å². The number of Topliss-reactive ketones (excluding diaryl/α,β-unsaturated/α-hetero) is 2. The van der Waals surface area contributed by atoms with Crippen molar-refractivity contribution in [2.75, 3.05) is 13.1 Å². The van der Waals surface area contributed by atoms with E-state index in [-0.39, 0.29) is 17.3 Å². The van der Waals surface area contributed by atoms with Gasteiger partial charge in [0, 0.05) is 25.2 Å². The number of aliphatic hydroxyl groups excluding tert-OH is 1. The molecule has 0 radical (unpaired) electrons. The average molecular weight is 259 g/mol. The Labute approximate surface area is 109 Å². The van der Waals surface area contributed by atoms with Crippen molar-refractivity contribution in [3.05, 3.63) is 28.5 Å². The van der Waals surface area contributed by atoms with E-state index >= 15 is 0 Å². The Balaban J connectivity index is 1.93. The fraction of sp³-hybridized carbons (Fsp3) is 0.462. The van der Waals surface area contributed by atoms with Gasteiger partial charge in [0.15, 0.2) is 0 Å². The molecule has 0 bridgehead atoms. The molecule has 2 aliphatic heterocycles. The number of carbonyl (C=O) groups is 2. The highest BCUT2D eigenvalue weighted by molar-refractivity contribution is 6.25. The maximum absolute atomic E-state index is 12.5. The van der Waals surface area contributed by atoms with Crippen molar-refractivity contribution in [2.45, 2.75) is 26.0 Å². The fourth-order valence-electron chi connectivity index (χ4n) is 2.94. The van der Waals surface area contributed by atoms with E-state index in [4.69, 9.17) is 0 Å². The summed E-state index contributed by atoms with van der Waals surface area (Å²) in [5, 5.41) is 9.83. The first kappa shape index (κ1) is 10.9. The van der Waals surface area contributed by atoms with Crippen molar-refractivity contribution in [3.63, 3.8) is 0 Å². The van der Waals surface area contributed by atoms with Gasteiger partial charge in [0.2, 0.25) is 11.6 Å². The van der Waals surface area contributed by atoms with Crippen LogP contribution >= 0.6 is 0 Å². The third-order valence-corrected chi connectivity index (χ3v) is 4.03. The minimum Gasteiger partial charge on any atom is -0.385 e. The van der Waals surface area contributed by atoms with Crippen LogP contribution in [0.25, 0.3) is 0 Å². The Morgan fingerprint density at radius 1 is 1.21 bits per heavy atom. The lowest BCUT2D eigenvalue weighted by molar-refractivity contribution is 0.0952. The molecule has 1 saturated heterocycles. The number of carbonyl (C=O) groups excluding carboxylic acids is 2. The largest absolute Gasteiger partial charge is 0.385 e. The van der Waals surface area contributed by atoms with Gasteiger partial charge in [-0.3, -0.25) is 9.59 Å². The van der Waals surface area contributed by atoms with Gasteiger partial charge in [-0.25, -0.2) is 4.98 Å². The number of allylic oxidation sites excluding steroid dienone is 2. The van der Waals surface area contributed by atoms with Crippen LogP contribution in [-0.4, -0.2) is 44.2 Å². The third kappa shape index (κ3) is 1.26. The summed E-state index contributed by atoms with van der Waals surface area (Å²) in [4.78, 5) is 31.0. The summed E-state index contributed by atoms with van der Waals surface area (Å²) in [6, 6.07) is 0. The highest BCUT2D eigenvalue weighted by Crippen LogP contribution is 2.35. The molecule has 1 aromatic rings. The van der Waals surface area contributed by atoms with Crippen molar-refractivity contribution in [1.29, 1.82) is 0 Å². The summed E-state index contributed by atoms with van der Waals surface area (Å²) in [5.41, 5.74) is 1.56. The summed E-state index contributed by atoms with van der Waals surface area (Å²) in [6.45, 7) is 3.88. The number of aliphatic hydroxyl groups is 1. The number of imidazole rings is 1. The van der Waals surface area contributed by atoms with Gasteiger partial charge < -0.3 is 14.6 Å². The Bertz CT molecular complexity index is 667. The number of ketones is 2. The van der Waals surface area contributed by atoms with Crippen LogP contribution in [0.2, 0.25) is 0 Å². The number of hydrogen-bond acceptors (Lipinski definition) is 5. The van der Waals surface area contributed by atoms with Crippen LogP contribution in [0, 0.1) is 0 Å². The van der Waals surface area contributed by atoms with Crippen LogP contribution in [0.4, 0.5) is 0 Å². The third-order valence-electron chi connectivity index (χ3n) is 4.03. The smallest absolute Gasteiger partial charge is 0.230 e. The Kier molecular flexibility index (Phi) is 1.91. The number of hydrogen-bond donors (Lipinski definition) is 1. The van der Waals surface area contributed by atoms with Gasteiger partial charge in [0.25, 0.3) is 0 Å². The fourth-order valence-corrected chi connectivity index (χ4v) is 2.94. The molecule has 19 heavy (non-hydrogen) atoms. The summed E-state index contributed by atoms with van der Waals surface area (Å²) in [6.07, 6.45) is -0.116. The molecular weight excluding hydrogens is 246 g/mol. The van der Waals surface area contributed by atoms with Crippen molar-refractivity contribution < 1.29 is 14.7 Å². The molecule has 0 saturated carbocycles. The molecule has 3 heterocycles. The van der Waals surface area contributed by atoms with Crippen LogP contribution in [0.15, 0.2) is 11.3 Å². The van der Waals surface area contributed by atoms with Gasteiger partial charge in [-0.1, -0.05) is 0 Å². The van der Waals surface area contributed by atoms with E-state index in [9.17, 15) is 14.7 Å². The summed E-state index contributed by atoms with van der Waals surface area (Å²) < 4.78 is 1.70. The number of nitrogens with zero attached hydrogens (tertiary/aromatic N) is 3. The minimum absolute atomic E-state index is 0.135. The highest BCUT2D eigenvalue weighted by atomic mass is 16.3. The van der Waals surface area contributed by atoms with Crippen molar-refractivity contribution in [1.82, 2.24) is 14.5 Å². The second-order valence-electron chi connectivity index (χ2n) is 5.24. The minimum atomic E-state index is -0.670. The van der Waals surface area contributed by atoms with Crippen LogP contribution in [-0.2, 0) is 6.54 Å². The first-order valence-electron chi connectivity index (χ1n) is 6.43. The van der Waals surface area contributed by atoms with Crippen LogP contribution in [0.1, 0.15) is 46.2 Å².